The molecule has 0 saturated carbocycles. The molecule has 3 heterocycles. The van der Waals surface area contributed by atoms with Crippen molar-refractivity contribution < 1.29 is 33.0 Å². The van der Waals surface area contributed by atoms with E-state index in [0.29, 0.717) is 16.9 Å². The molecule has 6 atom stereocenters. The van der Waals surface area contributed by atoms with Crippen molar-refractivity contribution >= 4 is 40.2 Å². The Morgan fingerprint density at radius 3 is 2.51 bits per heavy atom. The summed E-state index contributed by atoms with van der Waals surface area (Å²) in [4.78, 5) is 35.4. The number of carbonyl (C=O) groups is 1. The van der Waals surface area contributed by atoms with Crippen LogP contribution in [0.4, 0.5) is 11.5 Å². The Morgan fingerprint density at radius 1 is 1.19 bits per heavy atom. The molecule has 3 N–H and O–H groups in total. The normalized spacial score (nSPS) is 25.7. The summed E-state index contributed by atoms with van der Waals surface area (Å²) in [6, 6.07) is 8.74. The third-order valence-electron chi connectivity index (χ3n) is 7.13. The lowest BCUT2D eigenvalue weighted by Gasteiger charge is -2.40. The fourth-order valence-electron chi connectivity index (χ4n) is 4.16. The van der Waals surface area contributed by atoms with Crippen LogP contribution >= 0.6 is 8.25 Å². The maximum Gasteiger partial charge on any atom is 0.695 e. The highest BCUT2D eigenvalue weighted by Crippen LogP contribution is 2.46. The van der Waals surface area contributed by atoms with E-state index in [1.54, 1.807) is 30.5 Å². The third-order valence-corrected chi connectivity index (χ3v) is 12.0. The summed E-state index contributed by atoms with van der Waals surface area (Å²) in [7, 11) is -5.39. The van der Waals surface area contributed by atoms with Crippen LogP contribution in [0.5, 0.6) is 0 Å². The minimum atomic E-state index is -2.97. The zero-order valence-electron chi connectivity index (χ0n) is 21.4. The maximum atomic E-state index is 12.7. The summed E-state index contributed by atoms with van der Waals surface area (Å²) in [5.74, 6) is -0.612. The number of aliphatic imine (C=N–C) groups is 1. The largest absolute Gasteiger partial charge is 0.695 e. The van der Waals surface area contributed by atoms with E-state index < -0.39 is 53.5 Å². The van der Waals surface area contributed by atoms with E-state index in [9.17, 15) is 19.4 Å². The van der Waals surface area contributed by atoms with E-state index in [2.05, 4.69) is 54.1 Å². The summed E-state index contributed by atoms with van der Waals surface area (Å²) in [6.45, 7) is 9.93. The molecule has 0 bridgehead atoms. The summed E-state index contributed by atoms with van der Waals surface area (Å²) in [5.41, 5.74) is 1.38. The molecule has 0 spiro atoms. The van der Waals surface area contributed by atoms with Crippen molar-refractivity contribution in [3.8, 4) is 0 Å². The Bertz CT molecular complexity index is 1190. The van der Waals surface area contributed by atoms with Crippen LogP contribution < -0.4 is 5.32 Å². The molecule has 1 amide bonds. The van der Waals surface area contributed by atoms with E-state index in [1.165, 1.54) is 6.33 Å². The SMILES string of the molecule is CC(C)(C)[Si](C)(C)O[C@@H]1[C@H](O[P+](=O)O)[C@@H](CO)O[C@H]1C1C=Nc2c(NC(=O)c3ccccc3)ncnc21. The number of benzene rings is 1. The average molecular weight is 548 g/mol. The van der Waals surface area contributed by atoms with Gasteiger partial charge in [-0.05, 0) is 30.3 Å². The van der Waals surface area contributed by atoms with Crippen LogP contribution in [0.3, 0.4) is 0 Å². The van der Waals surface area contributed by atoms with Crippen LogP contribution in [0.25, 0.3) is 0 Å². The van der Waals surface area contributed by atoms with Crippen LogP contribution in [-0.4, -0.2) is 71.4 Å². The molecule has 0 radical (unpaired) electrons. The van der Waals surface area contributed by atoms with E-state index in [0.717, 1.165) is 0 Å². The van der Waals surface area contributed by atoms with Crippen molar-refractivity contribution in [3.05, 3.63) is 47.9 Å². The molecule has 11 nitrogen and oxygen atoms in total. The standard InChI is InChI=1S/C24H31N4O7PSi/c1-24(2,3)37(4,5)35-21-19(33-16(12-29)20(21)34-36(31)32)15-11-25-18-17(15)26-13-27-22(18)28-23(30)14-9-7-6-8-10-14/h6-11,13,15-16,19-21,29H,12H2,1-5H3,(H-,26,27,28,30,31,32)/p+1/t15?,16-,19+,20-,21+/m1/s1. The Labute approximate surface area is 217 Å². The van der Waals surface area contributed by atoms with Crippen LogP contribution in [0.15, 0.2) is 41.7 Å². The van der Waals surface area contributed by atoms with Gasteiger partial charge in [0.2, 0.25) is 0 Å². The first kappa shape index (κ1) is 27.6. The Morgan fingerprint density at radius 2 is 1.89 bits per heavy atom. The molecule has 13 heteroatoms. The van der Waals surface area contributed by atoms with Gasteiger partial charge >= 0.3 is 8.25 Å². The van der Waals surface area contributed by atoms with E-state index >= 15 is 0 Å². The van der Waals surface area contributed by atoms with E-state index in [-0.39, 0.29) is 16.8 Å². The number of aliphatic hydroxyl groups is 1. The second-order valence-corrected chi connectivity index (χ2v) is 16.0. The predicted molar refractivity (Wildman–Crippen MR) is 140 cm³/mol. The molecule has 2 aliphatic heterocycles. The molecule has 0 aliphatic carbocycles. The second-order valence-electron chi connectivity index (χ2n) is 10.6. The molecule has 2 unspecified atom stereocenters. The summed E-state index contributed by atoms with van der Waals surface area (Å²) in [6.07, 6.45) is -0.383. The van der Waals surface area contributed by atoms with Crippen LogP contribution in [0.2, 0.25) is 18.1 Å². The fraction of sp³-hybridized carbons (Fsp3) is 0.500. The fourth-order valence-corrected chi connectivity index (χ4v) is 5.93. The van der Waals surface area contributed by atoms with Gasteiger partial charge in [-0.15, -0.1) is 9.42 Å². The van der Waals surface area contributed by atoms with Crippen LogP contribution in [0, 0.1) is 0 Å². The van der Waals surface area contributed by atoms with Crippen molar-refractivity contribution in [2.45, 2.75) is 69.2 Å². The highest BCUT2D eigenvalue weighted by molar-refractivity contribution is 7.32. The molecule has 37 heavy (non-hydrogen) atoms. The lowest BCUT2D eigenvalue weighted by Crippen LogP contribution is -2.50. The van der Waals surface area contributed by atoms with Gasteiger partial charge in [-0.2, -0.15) is 0 Å². The topological polar surface area (TPSA) is 152 Å². The van der Waals surface area contributed by atoms with Crippen molar-refractivity contribution in [2.24, 2.45) is 4.99 Å². The molecular formula is C24H32N4O7PSi+. The number of nitrogens with zero attached hydrogens (tertiary/aromatic N) is 3. The van der Waals surface area contributed by atoms with Gasteiger partial charge in [-0.25, -0.2) is 9.97 Å². The number of ether oxygens (including phenoxy) is 1. The number of hydrogen-bond acceptors (Lipinski definition) is 9. The number of fused-ring (bicyclic) bond motifs is 1. The molecule has 4 rings (SSSR count). The number of aromatic nitrogens is 2. The van der Waals surface area contributed by atoms with Gasteiger partial charge in [0, 0.05) is 16.3 Å². The number of carbonyl (C=O) groups excluding carboxylic acids is 1. The molecule has 1 aromatic carbocycles. The number of rotatable bonds is 8. The molecule has 1 saturated heterocycles. The number of anilines is 1. The number of aliphatic hydroxyl groups excluding tert-OH is 1. The molecule has 1 aromatic heterocycles. The third kappa shape index (κ3) is 5.70. The Hall–Kier alpha value is -2.44. The Kier molecular flexibility index (Phi) is 8.01. The van der Waals surface area contributed by atoms with E-state index in [4.69, 9.17) is 13.7 Å². The van der Waals surface area contributed by atoms with Crippen LogP contribution in [0.1, 0.15) is 42.7 Å². The summed E-state index contributed by atoms with van der Waals surface area (Å²) >= 11 is 0. The van der Waals surface area contributed by atoms with Gasteiger partial charge in [-0.3, -0.25) is 9.79 Å². The minimum absolute atomic E-state index is 0.167. The van der Waals surface area contributed by atoms with Gasteiger partial charge in [0.05, 0.1) is 24.3 Å². The van der Waals surface area contributed by atoms with Crippen molar-refractivity contribution in [1.29, 1.82) is 0 Å². The highest BCUT2D eigenvalue weighted by Gasteiger charge is 2.56. The predicted octanol–water partition coefficient (Wildman–Crippen LogP) is 3.71. The highest BCUT2D eigenvalue weighted by atomic mass is 31.1. The van der Waals surface area contributed by atoms with Gasteiger partial charge in [0.25, 0.3) is 5.91 Å². The Balaban J connectivity index is 1.66. The van der Waals surface area contributed by atoms with Gasteiger partial charge in [0.15, 0.2) is 20.2 Å². The molecule has 198 valence electrons. The first-order valence-corrected chi connectivity index (χ1v) is 16.0. The average Bonchev–Trinajstić information content (AvgIpc) is 3.40. The number of hydrogen-bond donors (Lipinski definition) is 3. The number of amides is 1. The number of nitrogens with one attached hydrogen (secondary N) is 1. The molecular weight excluding hydrogens is 515 g/mol. The lowest BCUT2D eigenvalue weighted by molar-refractivity contribution is -0.0198. The minimum Gasteiger partial charge on any atom is -0.408 e. The molecule has 1 fully saturated rings. The van der Waals surface area contributed by atoms with Crippen molar-refractivity contribution in [1.82, 2.24) is 9.97 Å². The zero-order chi connectivity index (χ0) is 27.0. The first-order chi connectivity index (χ1) is 17.4. The first-order valence-electron chi connectivity index (χ1n) is 12.0. The molecule has 2 aromatic rings. The van der Waals surface area contributed by atoms with Crippen molar-refractivity contribution in [3.63, 3.8) is 0 Å². The van der Waals surface area contributed by atoms with Crippen molar-refractivity contribution in [2.75, 3.05) is 11.9 Å². The second kappa shape index (κ2) is 10.7. The maximum absolute atomic E-state index is 12.7. The smallest absolute Gasteiger partial charge is 0.408 e. The van der Waals surface area contributed by atoms with Gasteiger partial charge in [-0.1, -0.05) is 39.0 Å². The van der Waals surface area contributed by atoms with E-state index in [1.807, 2.05) is 6.07 Å². The lowest BCUT2D eigenvalue weighted by atomic mass is 9.94. The summed E-state index contributed by atoms with van der Waals surface area (Å²) in [5, 5.41) is 12.6. The zero-order valence-corrected chi connectivity index (χ0v) is 23.3. The van der Waals surface area contributed by atoms with Gasteiger partial charge < -0.3 is 19.6 Å². The quantitative estimate of drug-likeness (QED) is 0.332. The monoisotopic (exact) mass is 547 g/mol. The molecule has 2 aliphatic rings. The van der Waals surface area contributed by atoms with Gasteiger partial charge in [0.1, 0.15) is 24.2 Å². The summed E-state index contributed by atoms with van der Waals surface area (Å²) < 4.78 is 29.8. The van der Waals surface area contributed by atoms with Crippen LogP contribution in [-0.2, 0) is 18.3 Å².